The zero-order valence-electron chi connectivity index (χ0n) is 10.2. The fourth-order valence-corrected chi connectivity index (χ4v) is 3.54. The summed E-state index contributed by atoms with van der Waals surface area (Å²) >= 11 is 9.13. The maximum absolute atomic E-state index is 12.7. The van der Waals surface area contributed by atoms with Gasteiger partial charge in [-0.25, -0.2) is 4.79 Å². The molecule has 0 aromatic heterocycles. The van der Waals surface area contributed by atoms with Crippen LogP contribution in [0.2, 0.25) is 0 Å². The molecule has 0 radical (unpaired) electrons. The Kier molecular flexibility index (Phi) is 6.47. The average Bonchev–Trinajstić information content (AvgIpc) is 2.29. The molecule has 1 N–H and O–H groups in total. The summed E-state index contributed by atoms with van der Waals surface area (Å²) in [5.74, 6) is -3.19. The molecular formula is C10H6Br3F3O5S. The summed E-state index contributed by atoms with van der Waals surface area (Å²) < 4.78 is 73.0. The number of alkyl halides is 3. The third-order valence-electron chi connectivity index (χ3n) is 2.19. The van der Waals surface area contributed by atoms with Crippen LogP contribution in [0.5, 0.6) is 0 Å². The molecule has 0 saturated carbocycles. The molecule has 0 amide bonds. The summed E-state index contributed by atoms with van der Waals surface area (Å²) in [5, 5.41) is 0. The van der Waals surface area contributed by atoms with Crippen molar-refractivity contribution in [2.24, 2.45) is 0 Å². The molecule has 0 fully saturated rings. The predicted molar refractivity (Wildman–Crippen MR) is 81.2 cm³/mol. The van der Waals surface area contributed by atoms with Crippen LogP contribution in [0.1, 0.15) is 10.4 Å². The number of carbonyl (C=O) groups is 1. The molecule has 1 unspecified atom stereocenters. The van der Waals surface area contributed by atoms with Gasteiger partial charge in [-0.3, -0.25) is 4.55 Å². The highest BCUT2D eigenvalue weighted by Crippen LogP contribution is 2.32. The van der Waals surface area contributed by atoms with E-state index in [1.165, 1.54) is 12.1 Å². The van der Waals surface area contributed by atoms with Crippen molar-refractivity contribution in [3.63, 3.8) is 0 Å². The standard InChI is InChI=1S/C10H6Br3F3O5S/c11-4-1-5(8(13)6(12)2-4)9(17)21-7(10(14,15)16)3-22(18,19)20/h1-2,7H,3H2,(H,18,19,20). The van der Waals surface area contributed by atoms with Crippen molar-refractivity contribution in [1.82, 2.24) is 0 Å². The second-order valence-electron chi connectivity index (χ2n) is 3.93. The van der Waals surface area contributed by atoms with Crippen LogP contribution in [0.25, 0.3) is 0 Å². The first-order chi connectivity index (χ1) is 9.81. The number of esters is 1. The third kappa shape index (κ3) is 5.80. The highest BCUT2D eigenvalue weighted by atomic mass is 79.9. The van der Waals surface area contributed by atoms with E-state index in [1.807, 2.05) is 0 Å². The Morgan fingerprint density at radius 3 is 2.27 bits per heavy atom. The molecule has 1 aromatic carbocycles. The molecule has 12 heteroatoms. The van der Waals surface area contributed by atoms with Crippen molar-refractivity contribution in [2.45, 2.75) is 12.3 Å². The van der Waals surface area contributed by atoms with Crippen LogP contribution in [0, 0.1) is 0 Å². The van der Waals surface area contributed by atoms with Crippen LogP contribution in [0.3, 0.4) is 0 Å². The molecule has 1 atom stereocenters. The van der Waals surface area contributed by atoms with E-state index in [-0.39, 0.29) is 10.0 Å². The lowest BCUT2D eigenvalue weighted by Gasteiger charge is -2.20. The predicted octanol–water partition coefficient (Wildman–Crippen LogP) is 3.95. The van der Waals surface area contributed by atoms with Crippen LogP contribution < -0.4 is 0 Å². The summed E-state index contributed by atoms with van der Waals surface area (Å²) in [7, 11) is -4.99. The summed E-state index contributed by atoms with van der Waals surface area (Å²) in [5.41, 5.74) is -0.258. The van der Waals surface area contributed by atoms with Crippen molar-refractivity contribution >= 4 is 63.9 Å². The van der Waals surface area contributed by atoms with Gasteiger partial charge in [-0.1, -0.05) is 15.9 Å². The molecule has 0 aliphatic carbocycles. The Morgan fingerprint density at radius 2 is 1.82 bits per heavy atom. The van der Waals surface area contributed by atoms with E-state index in [0.717, 1.165) is 0 Å². The minimum Gasteiger partial charge on any atom is -0.448 e. The van der Waals surface area contributed by atoms with E-state index >= 15 is 0 Å². The zero-order valence-corrected chi connectivity index (χ0v) is 15.8. The molecule has 0 aliphatic heterocycles. The highest BCUT2D eigenvalue weighted by Gasteiger charge is 2.45. The van der Waals surface area contributed by atoms with Crippen molar-refractivity contribution in [3.8, 4) is 0 Å². The Bertz CT molecular complexity index is 690. The summed E-state index contributed by atoms with van der Waals surface area (Å²) in [4.78, 5) is 11.8. The molecule has 0 heterocycles. The number of rotatable bonds is 4. The van der Waals surface area contributed by atoms with E-state index < -0.39 is 34.1 Å². The number of benzene rings is 1. The Balaban J connectivity index is 3.12. The van der Waals surface area contributed by atoms with Gasteiger partial charge in [-0.2, -0.15) is 21.6 Å². The van der Waals surface area contributed by atoms with E-state index in [2.05, 4.69) is 52.5 Å². The molecular weight excluding hydrogens is 529 g/mol. The van der Waals surface area contributed by atoms with Crippen LogP contribution >= 0.6 is 47.8 Å². The Labute approximate surface area is 148 Å². The Hall–Kier alpha value is -0.170. The van der Waals surface area contributed by atoms with Crippen molar-refractivity contribution in [2.75, 3.05) is 5.75 Å². The molecule has 22 heavy (non-hydrogen) atoms. The quantitative estimate of drug-likeness (QED) is 0.359. The lowest BCUT2D eigenvalue weighted by molar-refractivity contribution is -0.197. The molecule has 0 aliphatic rings. The normalized spacial score (nSPS) is 13.8. The molecule has 0 bridgehead atoms. The topological polar surface area (TPSA) is 80.7 Å². The van der Waals surface area contributed by atoms with Crippen LogP contribution in [0.15, 0.2) is 25.6 Å². The first-order valence-electron chi connectivity index (χ1n) is 5.18. The first kappa shape index (κ1) is 19.9. The summed E-state index contributed by atoms with van der Waals surface area (Å²) in [6, 6.07) is 2.72. The second kappa shape index (κ2) is 7.16. The number of halogens is 6. The lowest BCUT2D eigenvalue weighted by atomic mass is 10.2. The third-order valence-corrected chi connectivity index (χ3v) is 5.38. The van der Waals surface area contributed by atoms with E-state index in [1.54, 1.807) is 0 Å². The lowest BCUT2D eigenvalue weighted by Crippen LogP contribution is -2.39. The van der Waals surface area contributed by atoms with Gasteiger partial charge in [0.25, 0.3) is 10.1 Å². The molecule has 0 saturated heterocycles. The van der Waals surface area contributed by atoms with Crippen LogP contribution in [0.4, 0.5) is 13.2 Å². The van der Waals surface area contributed by atoms with Crippen LogP contribution in [-0.2, 0) is 14.9 Å². The van der Waals surface area contributed by atoms with Gasteiger partial charge in [0.05, 0.1) is 5.56 Å². The number of hydrogen-bond acceptors (Lipinski definition) is 4. The SMILES string of the molecule is O=C(OC(CS(=O)(=O)O)C(F)(F)F)c1cc(Br)cc(Br)c1Br. The highest BCUT2D eigenvalue weighted by molar-refractivity contribution is 9.13. The summed E-state index contributed by atoms with van der Waals surface area (Å²) in [6.45, 7) is 0. The Morgan fingerprint density at radius 1 is 1.27 bits per heavy atom. The van der Waals surface area contributed by atoms with Gasteiger partial charge in [0, 0.05) is 13.4 Å². The fraction of sp³-hybridized carbons (Fsp3) is 0.300. The smallest absolute Gasteiger partial charge is 0.426 e. The van der Waals surface area contributed by atoms with Crippen molar-refractivity contribution in [3.05, 3.63) is 31.1 Å². The van der Waals surface area contributed by atoms with Gasteiger partial charge in [-0.05, 0) is 44.0 Å². The minimum absolute atomic E-state index is 0.133. The maximum Gasteiger partial charge on any atom is 0.426 e. The maximum atomic E-state index is 12.7. The fourth-order valence-electron chi connectivity index (χ4n) is 1.28. The van der Waals surface area contributed by atoms with Gasteiger partial charge < -0.3 is 4.74 Å². The molecule has 1 rings (SSSR count). The molecule has 0 spiro atoms. The average molecular weight is 535 g/mol. The van der Waals surface area contributed by atoms with Gasteiger partial charge in [0.2, 0.25) is 6.10 Å². The number of ether oxygens (including phenoxy) is 1. The minimum atomic E-state index is -5.15. The number of carbonyl (C=O) groups excluding carboxylic acids is 1. The van der Waals surface area contributed by atoms with Gasteiger partial charge in [0.15, 0.2) is 0 Å². The molecule has 1 aromatic rings. The largest absolute Gasteiger partial charge is 0.448 e. The van der Waals surface area contributed by atoms with Gasteiger partial charge >= 0.3 is 12.1 Å². The van der Waals surface area contributed by atoms with Crippen molar-refractivity contribution in [1.29, 1.82) is 0 Å². The van der Waals surface area contributed by atoms with Crippen LogP contribution in [-0.4, -0.2) is 37.0 Å². The van der Waals surface area contributed by atoms with Gasteiger partial charge in [-0.15, -0.1) is 0 Å². The number of hydrogen-bond donors (Lipinski definition) is 1. The van der Waals surface area contributed by atoms with Crippen molar-refractivity contribution < 1.29 is 35.7 Å². The second-order valence-corrected chi connectivity index (χ2v) is 7.99. The molecule has 5 nitrogen and oxygen atoms in total. The zero-order chi connectivity index (χ0) is 17.3. The van der Waals surface area contributed by atoms with E-state index in [0.29, 0.717) is 8.95 Å². The molecule has 124 valence electrons. The monoisotopic (exact) mass is 532 g/mol. The van der Waals surface area contributed by atoms with Gasteiger partial charge in [0.1, 0.15) is 5.75 Å². The first-order valence-corrected chi connectivity index (χ1v) is 9.17. The van der Waals surface area contributed by atoms with E-state index in [4.69, 9.17) is 4.55 Å². The van der Waals surface area contributed by atoms with E-state index in [9.17, 15) is 26.4 Å². The summed E-state index contributed by atoms with van der Waals surface area (Å²) in [6.07, 6.45) is -8.14.